The Morgan fingerprint density at radius 2 is 2.04 bits per heavy atom. The van der Waals surface area contributed by atoms with Crippen LogP contribution in [0.3, 0.4) is 0 Å². The highest BCUT2D eigenvalue weighted by atomic mass is 16.3. The average Bonchev–Trinajstić information content (AvgIpc) is 2.80. The number of Topliss-reactive ketones (excluding diaryl/α,β-unsaturated/α-hetero) is 2. The van der Waals surface area contributed by atoms with Crippen molar-refractivity contribution in [3.8, 4) is 0 Å². The zero-order valence-electron chi connectivity index (χ0n) is 14.2. The van der Waals surface area contributed by atoms with Gasteiger partial charge in [0.15, 0.2) is 5.78 Å². The Labute approximate surface area is 137 Å². The normalized spacial score (nSPS) is 42.7. The van der Waals surface area contributed by atoms with Crippen LogP contribution in [0.5, 0.6) is 0 Å². The van der Waals surface area contributed by atoms with E-state index in [0.717, 1.165) is 32.1 Å². The van der Waals surface area contributed by atoms with Crippen LogP contribution >= 0.6 is 0 Å². The van der Waals surface area contributed by atoms with E-state index in [4.69, 9.17) is 0 Å². The number of rotatable bonds is 1. The maximum Gasteiger partial charge on any atom is 0.161 e. The van der Waals surface area contributed by atoms with Gasteiger partial charge in [-0.1, -0.05) is 18.6 Å². The largest absolute Gasteiger partial charge is 0.381 e. The second-order valence-corrected chi connectivity index (χ2v) is 8.29. The first-order valence-corrected chi connectivity index (χ1v) is 9.03. The molecule has 23 heavy (non-hydrogen) atoms. The Morgan fingerprint density at radius 3 is 2.78 bits per heavy atom. The molecule has 0 radical (unpaired) electrons. The van der Waals surface area contributed by atoms with Crippen molar-refractivity contribution in [1.82, 2.24) is 0 Å². The molecule has 0 aromatic carbocycles. The van der Waals surface area contributed by atoms with Gasteiger partial charge in [0, 0.05) is 18.3 Å². The predicted molar refractivity (Wildman–Crippen MR) is 87.8 cm³/mol. The zero-order chi connectivity index (χ0) is 16.4. The molecule has 4 rings (SSSR count). The third-order valence-corrected chi connectivity index (χ3v) is 7.39. The van der Waals surface area contributed by atoms with Gasteiger partial charge < -0.3 is 5.11 Å². The minimum Gasteiger partial charge on any atom is -0.381 e. The first-order valence-electron chi connectivity index (χ1n) is 9.03. The molecule has 124 valence electrons. The van der Waals surface area contributed by atoms with Crippen molar-refractivity contribution in [2.45, 2.75) is 70.8 Å². The summed E-state index contributed by atoms with van der Waals surface area (Å²) in [6.45, 7) is 3.66. The van der Waals surface area contributed by atoms with E-state index in [9.17, 15) is 14.7 Å². The van der Waals surface area contributed by atoms with Crippen LogP contribution in [0.1, 0.15) is 65.2 Å². The van der Waals surface area contributed by atoms with Crippen LogP contribution in [0.15, 0.2) is 22.8 Å². The molecule has 0 bridgehead atoms. The van der Waals surface area contributed by atoms with Crippen molar-refractivity contribution in [3.63, 3.8) is 0 Å². The summed E-state index contributed by atoms with van der Waals surface area (Å²) in [6.07, 6.45) is 8.95. The Morgan fingerprint density at radius 1 is 1.26 bits per heavy atom. The third kappa shape index (κ3) is 1.92. The molecule has 3 heteroatoms. The summed E-state index contributed by atoms with van der Waals surface area (Å²) in [7, 11) is 0. The standard InChI is InChI=1S/C20H26O3/c1-12(21)20(23)10-8-18-17-5-3-13-11-14(22)4-6-15(13)16(17)7-9-19(18,20)2/h7,17-18,23H,3-6,8-11H2,1-2H3/t17-,18?,19+,20+/m1/s1. The molecule has 3 nitrogen and oxygen atoms in total. The van der Waals surface area contributed by atoms with Crippen molar-refractivity contribution in [2.24, 2.45) is 17.3 Å². The lowest BCUT2D eigenvalue weighted by Crippen LogP contribution is -2.52. The van der Waals surface area contributed by atoms with Gasteiger partial charge in [-0.2, -0.15) is 0 Å². The van der Waals surface area contributed by atoms with Crippen molar-refractivity contribution < 1.29 is 14.7 Å². The van der Waals surface area contributed by atoms with Crippen LogP contribution in [0.4, 0.5) is 0 Å². The molecule has 0 aliphatic heterocycles. The number of aliphatic hydroxyl groups is 1. The van der Waals surface area contributed by atoms with E-state index < -0.39 is 5.60 Å². The molecule has 1 N–H and O–H groups in total. The van der Waals surface area contributed by atoms with Gasteiger partial charge in [0.05, 0.1) is 0 Å². The molecule has 4 aliphatic rings. The molecular formula is C20H26O3. The van der Waals surface area contributed by atoms with Gasteiger partial charge in [0.25, 0.3) is 0 Å². The van der Waals surface area contributed by atoms with E-state index in [-0.39, 0.29) is 11.2 Å². The Balaban J connectivity index is 1.74. The van der Waals surface area contributed by atoms with Crippen LogP contribution in [0.2, 0.25) is 0 Å². The number of ketones is 2. The van der Waals surface area contributed by atoms with E-state index >= 15 is 0 Å². The molecule has 1 fully saturated rings. The van der Waals surface area contributed by atoms with Gasteiger partial charge >= 0.3 is 0 Å². The third-order valence-electron chi connectivity index (χ3n) is 7.39. The fourth-order valence-corrected chi connectivity index (χ4v) is 6.00. The number of fused-ring (bicyclic) bond motifs is 4. The monoisotopic (exact) mass is 314 g/mol. The lowest BCUT2D eigenvalue weighted by Gasteiger charge is -2.49. The maximum absolute atomic E-state index is 12.1. The highest BCUT2D eigenvalue weighted by Gasteiger charge is 2.62. The summed E-state index contributed by atoms with van der Waals surface area (Å²) in [5.74, 6) is 1.17. The molecule has 4 aliphatic carbocycles. The van der Waals surface area contributed by atoms with Gasteiger partial charge in [0.1, 0.15) is 11.4 Å². The fourth-order valence-electron chi connectivity index (χ4n) is 6.00. The SMILES string of the molecule is CC(=O)[C@@]1(O)CCC2[C@@H]3CCC4=C(CCC(=O)C4)C3=CC[C@@]21C. The van der Waals surface area contributed by atoms with Crippen LogP contribution in [-0.2, 0) is 9.59 Å². The molecule has 0 heterocycles. The van der Waals surface area contributed by atoms with Gasteiger partial charge in [-0.3, -0.25) is 9.59 Å². The van der Waals surface area contributed by atoms with Crippen LogP contribution in [0, 0.1) is 17.3 Å². The fraction of sp³-hybridized carbons (Fsp3) is 0.700. The van der Waals surface area contributed by atoms with Crippen molar-refractivity contribution in [1.29, 1.82) is 0 Å². The first-order chi connectivity index (χ1) is 10.9. The van der Waals surface area contributed by atoms with E-state index in [1.807, 2.05) is 0 Å². The first kappa shape index (κ1) is 15.3. The number of allylic oxidation sites excluding steroid dienone is 4. The average molecular weight is 314 g/mol. The van der Waals surface area contributed by atoms with E-state index in [1.54, 1.807) is 6.92 Å². The summed E-state index contributed by atoms with van der Waals surface area (Å²) >= 11 is 0. The molecule has 0 aromatic rings. The molecule has 0 aromatic heterocycles. The number of carbonyl (C=O) groups is 2. The Bertz CT molecular complexity index is 656. The molecule has 0 amide bonds. The summed E-state index contributed by atoms with van der Waals surface area (Å²) in [6, 6.07) is 0. The molecular weight excluding hydrogens is 288 g/mol. The summed E-state index contributed by atoms with van der Waals surface area (Å²) < 4.78 is 0. The minimum absolute atomic E-state index is 0.0710. The van der Waals surface area contributed by atoms with Crippen LogP contribution in [0.25, 0.3) is 0 Å². The van der Waals surface area contributed by atoms with E-state index in [1.165, 1.54) is 16.7 Å². The quantitative estimate of drug-likeness (QED) is 0.806. The maximum atomic E-state index is 12.1. The number of hydrogen-bond acceptors (Lipinski definition) is 3. The topological polar surface area (TPSA) is 54.4 Å². The zero-order valence-corrected chi connectivity index (χ0v) is 14.2. The highest BCUT2D eigenvalue weighted by molar-refractivity contribution is 5.86. The van der Waals surface area contributed by atoms with Gasteiger partial charge in [-0.05, 0) is 68.4 Å². The Kier molecular flexibility index (Phi) is 3.26. The van der Waals surface area contributed by atoms with Gasteiger partial charge in [-0.15, -0.1) is 0 Å². The summed E-state index contributed by atoms with van der Waals surface area (Å²) in [4.78, 5) is 23.9. The highest BCUT2D eigenvalue weighted by Crippen LogP contribution is 2.62. The molecule has 1 unspecified atom stereocenters. The minimum atomic E-state index is -1.16. The summed E-state index contributed by atoms with van der Waals surface area (Å²) in [5.41, 5.74) is 2.79. The van der Waals surface area contributed by atoms with Gasteiger partial charge in [0.2, 0.25) is 0 Å². The molecule has 0 saturated heterocycles. The van der Waals surface area contributed by atoms with E-state index in [0.29, 0.717) is 36.9 Å². The molecule has 1 saturated carbocycles. The lowest BCUT2D eigenvalue weighted by molar-refractivity contribution is -0.150. The smallest absolute Gasteiger partial charge is 0.161 e. The predicted octanol–water partition coefficient (Wildman–Crippen LogP) is 3.51. The lowest BCUT2D eigenvalue weighted by atomic mass is 9.56. The molecule has 0 spiro atoms. The van der Waals surface area contributed by atoms with Crippen molar-refractivity contribution >= 4 is 11.6 Å². The van der Waals surface area contributed by atoms with Crippen LogP contribution in [-0.4, -0.2) is 22.3 Å². The molecule has 4 atom stereocenters. The second kappa shape index (κ2) is 4.89. The number of carbonyl (C=O) groups excluding carboxylic acids is 2. The van der Waals surface area contributed by atoms with Gasteiger partial charge in [-0.25, -0.2) is 0 Å². The van der Waals surface area contributed by atoms with Crippen molar-refractivity contribution in [3.05, 3.63) is 22.8 Å². The van der Waals surface area contributed by atoms with Crippen molar-refractivity contribution in [2.75, 3.05) is 0 Å². The summed E-state index contributed by atoms with van der Waals surface area (Å²) in [5, 5.41) is 11.0. The second-order valence-electron chi connectivity index (χ2n) is 8.29. The number of hydrogen-bond donors (Lipinski definition) is 1. The Hall–Kier alpha value is -1.22. The van der Waals surface area contributed by atoms with Crippen LogP contribution < -0.4 is 0 Å². The van der Waals surface area contributed by atoms with E-state index in [2.05, 4.69) is 13.0 Å².